The zero-order valence-electron chi connectivity index (χ0n) is 12.1. The van der Waals surface area contributed by atoms with Crippen LogP contribution in [0.1, 0.15) is 5.56 Å². The summed E-state index contributed by atoms with van der Waals surface area (Å²) in [5.74, 6) is 1.88. The van der Waals surface area contributed by atoms with Crippen molar-refractivity contribution < 1.29 is 4.74 Å². The Morgan fingerprint density at radius 3 is 2.52 bits per heavy atom. The summed E-state index contributed by atoms with van der Waals surface area (Å²) in [5.41, 5.74) is 6.79. The average molecular weight is 305 g/mol. The van der Waals surface area contributed by atoms with E-state index in [1.165, 1.54) is 18.2 Å². The Morgan fingerprint density at radius 1 is 1.24 bits per heavy atom. The highest BCUT2D eigenvalue weighted by molar-refractivity contribution is 7.98. The van der Waals surface area contributed by atoms with Gasteiger partial charge in [-0.25, -0.2) is 15.0 Å². The molecule has 0 saturated carbocycles. The van der Waals surface area contributed by atoms with Gasteiger partial charge in [0.25, 0.3) is 0 Å². The molecule has 0 fully saturated rings. The maximum Gasteiger partial charge on any atom is 0.227 e. The van der Waals surface area contributed by atoms with Crippen molar-refractivity contribution in [1.82, 2.24) is 15.0 Å². The normalized spacial score (nSPS) is 13.5. The summed E-state index contributed by atoms with van der Waals surface area (Å²) in [7, 11) is 0. The van der Waals surface area contributed by atoms with E-state index in [2.05, 4.69) is 20.3 Å². The van der Waals surface area contributed by atoms with E-state index in [4.69, 9.17) is 10.5 Å². The van der Waals surface area contributed by atoms with Gasteiger partial charge in [0.2, 0.25) is 5.95 Å². The third-order valence-corrected chi connectivity index (χ3v) is 3.58. The highest BCUT2D eigenvalue weighted by atomic mass is 32.2. The van der Waals surface area contributed by atoms with Crippen molar-refractivity contribution in [2.75, 3.05) is 23.9 Å². The number of hydrogen-bond donors (Lipinski definition) is 2. The molecule has 1 heterocycles. The molecule has 0 spiro atoms. The highest BCUT2D eigenvalue weighted by Crippen LogP contribution is 2.16. The van der Waals surface area contributed by atoms with E-state index in [1.54, 1.807) is 11.8 Å². The molecule has 0 saturated heterocycles. The molecule has 112 valence electrons. The number of anilines is 1. The zero-order chi connectivity index (χ0) is 15.1. The second-order valence-corrected chi connectivity index (χ2v) is 5.64. The Balaban J connectivity index is 2.01. The van der Waals surface area contributed by atoms with Crippen molar-refractivity contribution >= 4 is 17.7 Å². The first-order valence-electron chi connectivity index (χ1n) is 6.49. The van der Waals surface area contributed by atoms with E-state index in [0.717, 1.165) is 5.75 Å². The smallest absolute Gasteiger partial charge is 0.227 e. The van der Waals surface area contributed by atoms with E-state index in [0.29, 0.717) is 18.3 Å². The van der Waals surface area contributed by atoms with Crippen LogP contribution in [0, 0.1) is 6.92 Å². The predicted molar refractivity (Wildman–Crippen MR) is 85.4 cm³/mol. The van der Waals surface area contributed by atoms with Crippen molar-refractivity contribution in [3.05, 3.63) is 42.5 Å². The second kappa shape index (κ2) is 7.24. The Labute approximate surface area is 128 Å². The Bertz CT molecular complexity index is 551. The molecule has 21 heavy (non-hydrogen) atoms. The third-order valence-electron chi connectivity index (χ3n) is 2.77. The summed E-state index contributed by atoms with van der Waals surface area (Å²) in [6.07, 6.45) is 4.84. The predicted octanol–water partition coefficient (Wildman–Crippen LogP) is 1.69. The van der Waals surface area contributed by atoms with Crippen molar-refractivity contribution in [1.29, 1.82) is 0 Å². The van der Waals surface area contributed by atoms with Gasteiger partial charge in [-0.15, -0.1) is 0 Å². The SMILES string of the molecule is CSCC(N)(COc1ccc(C)cc1)Nc1ncncn1. The Kier molecular flexibility index (Phi) is 5.35. The molecular weight excluding hydrogens is 286 g/mol. The van der Waals surface area contributed by atoms with Crippen molar-refractivity contribution in [3.63, 3.8) is 0 Å². The lowest BCUT2D eigenvalue weighted by Crippen LogP contribution is -2.55. The number of nitrogens with zero attached hydrogens (tertiary/aromatic N) is 3. The Hall–Kier alpha value is -1.86. The van der Waals surface area contributed by atoms with Gasteiger partial charge in [-0.3, -0.25) is 0 Å². The third kappa shape index (κ3) is 4.87. The van der Waals surface area contributed by atoms with Crippen LogP contribution in [0.25, 0.3) is 0 Å². The number of aromatic nitrogens is 3. The standard InChI is InChI=1S/C14H19N5OS/c1-11-3-5-12(6-4-11)20-7-14(15,8-21-2)19-13-17-9-16-10-18-13/h3-6,9-10H,7-8,15H2,1-2H3,(H,16,17,18,19). The molecule has 0 aliphatic heterocycles. The lowest BCUT2D eigenvalue weighted by molar-refractivity contribution is 0.251. The number of thioether (sulfide) groups is 1. The zero-order valence-corrected chi connectivity index (χ0v) is 12.9. The first kappa shape index (κ1) is 15.5. The van der Waals surface area contributed by atoms with Crippen LogP contribution in [-0.2, 0) is 0 Å². The fourth-order valence-electron chi connectivity index (χ4n) is 1.74. The summed E-state index contributed by atoms with van der Waals surface area (Å²) in [6.45, 7) is 2.34. The topological polar surface area (TPSA) is 86.0 Å². The number of aryl methyl sites for hydroxylation is 1. The summed E-state index contributed by atoms with van der Waals surface area (Å²) >= 11 is 1.63. The van der Waals surface area contributed by atoms with Gasteiger partial charge in [0.15, 0.2) is 0 Å². The van der Waals surface area contributed by atoms with E-state index < -0.39 is 5.66 Å². The van der Waals surface area contributed by atoms with Crippen molar-refractivity contribution in [2.24, 2.45) is 5.73 Å². The van der Waals surface area contributed by atoms with Crippen LogP contribution in [0.2, 0.25) is 0 Å². The van der Waals surface area contributed by atoms with Crippen LogP contribution < -0.4 is 15.8 Å². The fraction of sp³-hybridized carbons (Fsp3) is 0.357. The van der Waals surface area contributed by atoms with Crippen molar-refractivity contribution in [2.45, 2.75) is 12.6 Å². The molecule has 0 amide bonds. The molecule has 0 aliphatic rings. The van der Waals surface area contributed by atoms with E-state index >= 15 is 0 Å². The van der Waals surface area contributed by atoms with Crippen LogP contribution >= 0.6 is 11.8 Å². The molecule has 6 nitrogen and oxygen atoms in total. The number of hydrogen-bond acceptors (Lipinski definition) is 7. The van der Waals surface area contributed by atoms with Crippen LogP contribution in [-0.4, -0.2) is 39.2 Å². The summed E-state index contributed by atoms with van der Waals surface area (Å²) < 4.78 is 5.78. The molecule has 0 radical (unpaired) electrons. The number of nitrogens with one attached hydrogen (secondary N) is 1. The minimum Gasteiger partial charge on any atom is -0.490 e. The van der Waals surface area contributed by atoms with Gasteiger partial charge in [0, 0.05) is 5.75 Å². The Morgan fingerprint density at radius 2 is 1.90 bits per heavy atom. The molecule has 0 bridgehead atoms. The lowest BCUT2D eigenvalue weighted by Gasteiger charge is -2.29. The van der Waals surface area contributed by atoms with Crippen LogP contribution in [0.3, 0.4) is 0 Å². The number of ether oxygens (including phenoxy) is 1. The molecule has 1 aromatic heterocycles. The molecule has 0 aliphatic carbocycles. The lowest BCUT2D eigenvalue weighted by atomic mass is 10.2. The van der Waals surface area contributed by atoms with Gasteiger partial charge in [-0.05, 0) is 25.3 Å². The van der Waals surface area contributed by atoms with Crippen LogP contribution in [0.4, 0.5) is 5.95 Å². The van der Waals surface area contributed by atoms with Gasteiger partial charge in [0.05, 0.1) is 0 Å². The average Bonchev–Trinajstić information content (AvgIpc) is 2.48. The van der Waals surface area contributed by atoms with Gasteiger partial charge >= 0.3 is 0 Å². The van der Waals surface area contributed by atoms with E-state index in [1.807, 2.05) is 37.4 Å². The van der Waals surface area contributed by atoms with Gasteiger partial charge in [0.1, 0.15) is 30.7 Å². The molecule has 1 unspecified atom stereocenters. The maximum absolute atomic E-state index is 6.36. The summed E-state index contributed by atoms with van der Waals surface area (Å²) in [4.78, 5) is 11.9. The number of nitrogens with two attached hydrogens (primary N) is 1. The van der Waals surface area contributed by atoms with Crippen LogP contribution in [0.5, 0.6) is 5.75 Å². The molecule has 1 aromatic carbocycles. The molecule has 1 atom stereocenters. The number of benzene rings is 1. The fourth-order valence-corrected chi connectivity index (χ4v) is 2.42. The van der Waals surface area contributed by atoms with Gasteiger partial charge in [-0.2, -0.15) is 11.8 Å². The van der Waals surface area contributed by atoms with E-state index in [9.17, 15) is 0 Å². The molecule has 7 heteroatoms. The van der Waals surface area contributed by atoms with Crippen LogP contribution in [0.15, 0.2) is 36.9 Å². The minimum atomic E-state index is -0.758. The van der Waals surface area contributed by atoms with Gasteiger partial charge < -0.3 is 15.8 Å². The summed E-state index contributed by atoms with van der Waals surface area (Å²) in [5, 5.41) is 3.11. The highest BCUT2D eigenvalue weighted by Gasteiger charge is 2.26. The summed E-state index contributed by atoms with van der Waals surface area (Å²) in [6, 6.07) is 7.86. The molecule has 3 N–H and O–H groups in total. The molecule has 2 aromatic rings. The molecule has 2 rings (SSSR count). The monoisotopic (exact) mass is 305 g/mol. The maximum atomic E-state index is 6.36. The first-order chi connectivity index (χ1) is 10.1. The second-order valence-electron chi connectivity index (χ2n) is 4.78. The minimum absolute atomic E-state index is 0.308. The van der Waals surface area contributed by atoms with Crippen molar-refractivity contribution in [3.8, 4) is 5.75 Å². The largest absolute Gasteiger partial charge is 0.490 e. The quantitative estimate of drug-likeness (QED) is 0.753. The van der Waals surface area contributed by atoms with E-state index in [-0.39, 0.29) is 0 Å². The molecular formula is C14H19N5OS. The van der Waals surface area contributed by atoms with Gasteiger partial charge in [-0.1, -0.05) is 17.7 Å². The number of rotatable bonds is 7. The first-order valence-corrected chi connectivity index (χ1v) is 7.88.